The van der Waals surface area contributed by atoms with Gasteiger partial charge < -0.3 is 19.8 Å². The molecule has 112 valence electrons. The van der Waals surface area contributed by atoms with Crippen LogP contribution in [0, 0.1) is 0 Å². The zero-order valence-electron chi connectivity index (χ0n) is 11.8. The van der Waals surface area contributed by atoms with Crippen molar-refractivity contribution >= 4 is 22.9 Å². The quantitative estimate of drug-likeness (QED) is 0.750. The van der Waals surface area contributed by atoms with E-state index in [2.05, 4.69) is 24.8 Å². The average Bonchev–Trinajstić information content (AvgIpc) is 3.04. The van der Waals surface area contributed by atoms with Gasteiger partial charge in [-0.05, 0) is 12.1 Å². The van der Waals surface area contributed by atoms with Gasteiger partial charge in [0, 0.05) is 24.8 Å². The number of aromatic nitrogens is 4. The number of ether oxygens (including phenoxy) is 1. The smallest absolute Gasteiger partial charge is 0.215 e. The third kappa shape index (κ3) is 2.23. The topological polar surface area (TPSA) is 103 Å². The number of hydrogen-bond donors (Lipinski definition) is 1. The summed E-state index contributed by atoms with van der Waals surface area (Å²) >= 11 is 0. The van der Waals surface area contributed by atoms with Crippen LogP contribution in [0.4, 0.5) is 11.6 Å². The first-order valence-electron chi connectivity index (χ1n) is 6.97. The van der Waals surface area contributed by atoms with Crippen LogP contribution < -0.4 is 10.6 Å². The molecule has 0 radical (unpaired) electrons. The van der Waals surface area contributed by atoms with Crippen molar-refractivity contribution in [1.82, 2.24) is 19.9 Å². The molecule has 0 aromatic carbocycles. The summed E-state index contributed by atoms with van der Waals surface area (Å²) in [6.07, 6.45) is 3.04. The number of anilines is 2. The minimum absolute atomic E-state index is 0.458. The molecule has 0 unspecified atom stereocenters. The number of nitrogens with zero attached hydrogens (tertiary/aromatic N) is 5. The van der Waals surface area contributed by atoms with E-state index in [9.17, 15) is 0 Å². The molecule has 0 amide bonds. The van der Waals surface area contributed by atoms with Crippen LogP contribution in [0.2, 0.25) is 0 Å². The summed E-state index contributed by atoms with van der Waals surface area (Å²) in [5.41, 5.74) is 7.53. The van der Waals surface area contributed by atoms with E-state index < -0.39 is 0 Å². The maximum atomic E-state index is 5.62. The van der Waals surface area contributed by atoms with Crippen LogP contribution in [0.3, 0.4) is 0 Å². The zero-order chi connectivity index (χ0) is 14.9. The first kappa shape index (κ1) is 13.0. The maximum Gasteiger partial charge on any atom is 0.215 e. The van der Waals surface area contributed by atoms with Crippen molar-refractivity contribution in [3.05, 3.63) is 24.7 Å². The van der Waals surface area contributed by atoms with E-state index in [1.165, 1.54) is 6.39 Å². The minimum Gasteiger partial charge on any atom is -0.438 e. The molecule has 3 aromatic rings. The van der Waals surface area contributed by atoms with Gasteiger partial charge in [0.1, 0.15) is 5.82 Å². The lowest BCUT2D eigenvalue weighted by Crippen LogP contribution is -2.37. The van der Waals surface area contributed by atoms with Crippen LogP contribution in [0.1, 0.15) is 0 Å². The Hall–Kier alpha value is -2.74. The van der Waals surface area contributed by atoms with Crippen molar-refractivity contribution < 1.29 is 9.15 Å². The Kier molecular flexibility index (Phi) is 3.08. The molecular formula is C14H14N6O2. The number of morpholine rings is 1. The van der Waals surface area contributed by atoms with Gasteiger partial charge in [-0.2, -0.15) is 4.98 Å². The third-order valence-electron chi connectivity index (χ3n) is 3.53. The summed E-state index contributed by atoms with van der Waals surface area (Å²) in [6, 6.07) is 3.56. The second kappa shape index (κ2) is 5.23. The van der Waals surface area contributed by atoms with Crippen LogP contribution in [0.15, 0.2) is 29.1 Å². The fourth-order valence-electron chi connectivity index (χ4n) is 2.41. The lowest BCUT2D eigenvalue weighted by molar-refractivity contribution is 0.122. The highest BCUT2D eigenvalue weighted by Crippen LogP contribution is 2.27. The number of hydrogen-bond acceptors (Lipinski definition) is 8. The van der Waals surface area contributed by atoms with Crippen molar-refractivity contribution in [1.29, 1.82) is 0 Å². The Morgan fingerprint density at radius 1 is 1.09 bits per heavy atom. The van der Waals surface area contributed by atoms with Crippen molar-refractivity contribution in [3.63, 3.8) is 0 Å². The van der Waals surface area contributed by atoms with Gasteiger partial charge in [0.2, 0.25) is 11.2 Å². The average molecular weight is 298 g/mol. The molecule has 22 heavy (non-hydrogen) atoms. The zero-order valence-corrected chi connectivity index (χ0v) is 11.8. The van der Waals surface area contributed by atoms with Crippen molar-refractivity contribution in [2.24, 2.45) is 0 Å². The Bertz CT molecular complexity index is 795. The van der Waals surface area contributed by atoms with E-state index in [1.807, 2.05) is 6.07 Å². The van der Waals surface area contributed by atoms with Gasteiger partial charge in [-0.1, -0.05) is 0 Å². The molecular weight excluding hydrogens is 284 g/mol. The highest BCUT2D eigenvalue weighted by atomic mass is 16.5. The van der Waals surface area contributed by atoms with Gasteiger partial charge >= 0.3 is 0 Å². The molecule has 8 nitrogen and oxygen atoms in total. The fourth-order valence-corrected chi connectivity index (χ4v) is 2.41. The summed E-state index contributed by atoms with van der Waals surface area (Å²) in [5, 5.41) is 0. The van der Waals surface area contributed by atoms with Crippen LogP contribution in [-0.4, -0.2) is 46.2 Å². The molecule has 1 fully saturated rings. The molecule has 4 rings (SSSR count). The predicted octanol–water partition coefficient (Wildman–Crippen LogP) is 1.10. The van der Waals surface area contributed by atoms with Gasteiger partial charge in [0.15, 0.2) is 18.0 Å². The molecule has 0 aliphatic carbocycles. The molecule has 0 saturated carbocycles. The van der Waals surface area contributed by atoms with Crippen molar-refractivity contribution in [3.8, 4) is 11.4 Å². The van der Waals surface area contributed by atoms with Gasteiger partial charge in [-0.15, -0.1) is 0 Å². The van der Waals surface area contributed by atoms with Gasteiger partial charge in [-0.3, -0.25) is 0 Å². The van der Waals surface area contributed by atoms with Crippen LogP contribution >= 0.6 is 0 Å². The molecule has 3 aromatic heterocycles. The Balaban J connectivity index is 1.84. The lowest BCUT2D eigenvalue weighted by Gasteiger charge is -2.27. The molecule has 0 spiro atoms. The molecule has 1 saturated heterocycles. The molecule has 4 heterocycles. The predicted molar refractivity (Wildman–Crippen MR) is 80.3 cm³/mol. The molecule has 2 N–H and O–H groups in total. The highest BCUT2D eigenvalue weighted by Gasteiger charge is 2.20. The van der Waals surface area contributed by atoms with Gasteiger partial charge in [0.25, 0.3) is 0 Å². The van der Waals surface area contributed by atoms with Gasteiger partial charge in [-0.25, -0.2) is 15.0 Å². The van der Waals surface area contributed by atoms with E-state index >= 15 is 0 Å². The molecule has 8 heteroatoms. The van der Waals surface area contributed by atoms with Crippen LogP contribution in [-0.2, 0) is 4.74 Å². The van der Waals surface area contributed by atoms with E-state index in [-0.39, 0.29) is 0 Å². The normalized spacial score (nSPS) is 15.4. The van der Waals surface area contributed by atoms with Crippen molar-refractivity contribution in [2.45, 2.75) is 0 Å². The summed E-state index contributed by atoms with van der Waals surface area (Å²) < 4.78 is 10.8. The maximum absolute atomic E-state index is 5.62. The van der Waals surface area contributed by atoms with E-state index in [0.29, 0.717) is 36.1 Å². The van der Waals surface area contributed by atoms with Gasteiger partial charge in [0.05, 0.1) is 13.2 Å². The monoisotopic (exact) mass is 298 g/mol. The minimum atomic E-state index is 0.458. The Labute approximate surface area is 126 Å². The number of nitrogen functional groups attached to an aromatic ring is 1. The summed E-state index contributed by atoms with van der Waals surface area (Å²) in [6.45, 7) is 2.84. The van der Waals surface area contributed by atoms with E-state index in [0.717, 1.165) is 24.5 Å². The van der Waals surface area contributed by atoms with E-state index in [4.69, 9.17) is 14.9 Å². The number of pyridine rings is 1. The molecule has 0 bridgehead atoms. The number of fused-ring (bicyclic) bond motifs is 1. The largest absolute Gasteiger partial charge is 0.438 e. The Morgan fingerprint density at radius 3 is 2.73 bits per heavy atom. The second-order valence-electron chi connectivity index (χ2n) is 4.95. The summed E-state index contributed by atoms with van der Waals surface area (Å²) in [7, 11) is 0. The number of rotatable bonds is 2. The van der Waals surface area contributed by atoms with E-state index in [1.54, 1.807) is 12.3 Å². The second-order valence-corrected chi connectivity index (χ2v) is 4.95. The standard InChI is InChI=1S/C14H14N6O2/c15-10-2-1-9(7-16-10)12-18-13-11(22-8-17-13)14(19-12)20-3-5-21-6-4-20/h1-2,7-8H,3-6H2,(H2,15,16). The van der Waals surface area contributed by atoms with Crippen LogP contribution in [0.25, 0.3) is 22.6 Å². The fraction of sp³-hybridized carbons (Fsp3) is 0.286. The Morgan fingerprint density at radius 2 is 1.95 bits per heavy atom. The summed E-state index contributed by atoms with van der Waals surface area (Å²) in [5.74, 6) is 1.74. The highest BCUT2D eigenvalue weighted by molar-refractivity contribution is 5.83. The van der Waals surface area contributed by atoms with Crippen molar-refractivity contribution in [2.75, 3.05) is 36.9 Å². The third-order valence-corrected chi connectivity index (χ3v) is 3.53. The first-order chi connectivity index (χ1) is 10.8. The molecule has 1 aliphatic rings. The molecule has 0 atom stereocenters. The summed E-state index contributed by atoms with van der Waals surface area (Å²) in [4.78, 5) is 19.4. The number of nitrogens with two attached hydrogens (primary N) is 1. The SMILES string of the molecule is Nc1ccc(-c2nc(N3CCOCC3)c3ocnc3n2)cn1. The first-order valence-corrected chi connectivity index (χ1v) is 6.97. The number of oxazole rings is 1. The van der Waals surface area contributed by atoms with Crippen LogP contribution in [0.5, 0.6) is 0 Å². The molecule has 1 aliphatic heterocycles. The lowest BCUT2D eigenvalue weighted by atomic mass is 10.2.